The fourth-order valence-electron chi connectivity index (χ4n) is 2.03. The number of rotatable bonds is 7. The van der Waals surface area contributed by atoms with E-state index in [1.54, 1.807) is 0 Å². The average Bonchev–Trinajstić information content (AvgIpc) is 3.12. The molecule has 1 fully saturated rings. The molecule has 100 valence electrons. The molecular weight excluding hydrogens is 224 g/mol. The zero-order chi connectivity index (χ0) is 13.0. The van der Waals surface area contributed by atoms with Crippen LogP contribution in [-0.2, 0) is 0 Å². The molecule has 0 aromatic heterocycles. The number of hydrogen-bond acceptors (Lipinski definition) is 3. The molecule has 0 saturated heterocycles. The SMILES string of the molecule is CC(C)Oc1cc(NCCCC2CC2)ccc1N. The lowest BCUT2D eigenvalue weighted by molar-refractivity contribution is 0.244. The molecule has 3 N–H and O–H groups in total. The van der Waals surface area contributed by atoms with Gasteiger partial charge in [-0.05, 0) is 44.7 Å². The van der Waals surface area contributed by atoms with E-state index in [0.29, 0.717) is 5.69 Å². The Kier molecular flexibility index (Phi) is 4.34. The van der Waals surface area contributed by atoms with Gasteiger partial charge in [0.05, 0.1) is 11.8 Å². The molecule has 18 heavy (non-hydrogen) atoms. The standard InChI is InChI=1S/C15H24N2O/c1-11(2)18-15-10-13(7-8-14(15)16)17-9-3-4-12-5-6-12/h7-8,10-12,17H,3-6,9,16H2,1-2H3. The summed E-state index contributed by atoms with van der Waals surface area (Å²) in [6.07, 6.45) is 5.63. The molecule has 1 aromatic rings. The van der Waals surface area contributed by atoms with Gasteiger partial charge in [0.25, 0.3) is 0 Å². The molecule has 1 aliphatic rings. The van der Waals surface area contributed by atoms with Crippen LogP contribution in [0.2, 0.25) is 0 Å². The Balaban J connectivity index is 1.82. The van der Waals surface area contributed by atoms with Crippen LogP contribution in [0.15, 0.2) is 18.2 Å². The molecule has 2 rings (SSSR count). The Hall–Kier alpha value is -1.38. The number of anilines is 2. The van der Waals surface area contributed by atoms with Crippen molar-refractivity contribution in [1.82, 2.24) is 0 Å². The van der Waals surface area contributed by atoms with Gasteiger partial charge in [0.2, 0.25) is 0 Å². The molecule has 0 unspecified atom stereocenters. The van der Waals surface area contributed by atoms with Crippen LogP contribution >= 0.6 is 0 Å². The monoisotopic (exact) mass is 248 g/mol. The van der Waals surface area contributed by atoms with E-state index < -0.39 is 0 Å². The van der Waals surface area contributed by atoms with Gasteiger partial charge in [-0.25, -0.2) is 0 Å². The van der Waals surface area contributed by atoms with Crippen molar-refractivity contribution in [3.8, 4) is 5.75 Å². The van der Waals surface area contributed by atoms with Gasteiger partial charge in [-0.15, -0.1) is 0 Å². The topological polar surface area (TPSA) is 47.3 Å². The second-order valence-corrected chi connectivity index (χ2v) is 5.43. The molecule has 1 aliphatic carbocycles. The summed E-state index contributed by atoms with van der Waals surface area (Å²) in [6, 6.07) is 5.91. The maximum absolute atomic E-state index is 5.89. The summed E-state index contributed by atoms with van der Waals surface area (Å²) >= 11 is 0. The Morgan fingerprint density at radius 3 is 2.83 bits per heavy atom. The highest BCUT2D eigenvalue weighted by Gasteiger charge is 2.19. The molecule has 0 radical (unpaired) electrons. The minimum atomic E-state index is 0.150. The zero-order valence-corrected chi connectivity index (χ0v) is 11.4. The first-order chi connectivity index (χ1) is 8.65. The fourth-order valence-corrected chi connectivity index (χ4v) is 2.03. The van der Waals surface area contributed by atoms with Crippen molar-refractivity contribution in [1.29, 1.82) is 0 Å². The molecule has 0 spiro atoms. The van der Waals surface area contributed by atoms with Crippen molar-refractivity contribution in [2.75, 3.05) is 17.6 Å². The second kappa shape index (κ2) is 5.98. The van der Waals surface area contributed by atoms with Gasteiger partial charge in [0.15, 0.2) is 0 Å². The lowest BCUT2D eigenvalue weighted by Gasteiger charge is -2.14. The highest BCUT2D eigenvalue weighted by molar-refractivity contribution is 5.61. The Bertz CT molecular complexity index is 386. The van der Waals surface area contributed by atoms with E-state index in [2.05, 4.69) is 5.32 Å². The molecule has 3 nitrogen and oxygen atoms in total. The van der Waals surface area contributed by atoms with Crippen molar-refractivity contribution < 1.29 is 4.74 Å². The van der Waals surface area contributed by atoms with Gasteiger partial charge in [0, 0.05) is 18.3 Å². The third-order valence-corrected chi connectivity index (χ3v) is 3.19. The zero-order valence-electron chi connectivity index (χ0n) is 11.4. The van der Waals surface area contributed by atoms with E-state index >= 15 is 0 Å². The first kappa shape index (κ1) is 13.1. The molecule has 1 saturated carbocycles. The highest BCUT2D eigenvalue weighted by Crippen LogP contribution is 2.33. The Morgan fingerprint density at radius 2 is 2.17 bits per heavy atom. The molecule has 0 atom stereocenters. The van der Waals surface area contributed by atoms with E-state index in [0.717, 1.165) is 23.9 Å². The number of hydrogen-bond donors (Lipinski definition) is 2. The van der Waals surface area contributed by atoms with Crippen molar-refractivity contribution in [3.05, 3.63) is 18.2 Å². The van der Waals surface area contributed by atoms with Crippen LogP contribution in [0.1, 0.15) is 39.5 Å². The van der Waals surface area contributed by atoms with Gasteiger partial charge in [-0.3, -0.25) is 0 Å². The molecule has 0 aliphatic heterocycles. The number of benzene rings is 1. The van der Waals surface area contributed by atoms with Gasteiger partial charge in [-0.2, -0.15) is 0 Å². The number of ether oxygens (including phenoxy) is 1. The van der Waals surface area contributed by atoms with E-state index in [9.17, 15) is 0 Å². The molecule has 1 aromatic carbocycles. The molecule has 0 heterocycles. The van der Waals surface area contributed by atoms with Crippen LogP contribution in [0, 0.1) is 5.92 Å². The van der Waals surface area contributed by atoms with E-state index in [1.807, 2.05) is 32.0 Å². The number of nitrogens with two attached hydrogens (primary N) is 1. The largest absolute Gasteiger partial charge is 0.489 e. The van der Waals surface area contributed by atoms with Crippen molar-refractivity contribution >= 4 is 11.4 Å². The van der Waals surface area contributed by atoms with Crippen molar-refractivity contribution in [2.24, 2.45) is 5.92 Å². The third kappa shape index (κ3) is 4.13. The smallest absolute Gasteiger partial charge is 0.144 e. The van der Waals surface area contributed by atoms with Crippen LogP contribution < -0.4 is 15.8 Å². The molecular formula is C15H24N2O. The minimum absolute atomic E-state index is 0.150. The average molecular weight is 248 g/mol. The highest BCUT2D eigenvalue weighted by atomic mass is 16.5. The number of nitrogens with one attached hydrogen (secondary N) is 1. The molecule has 3 heteroatoms. The predicted molar refractivity (Wildman–Crippen MR) is 77.1 cm³/mol. The van der Waals surface area contributed by atoms with Gasteiger partial charge < -0.3 is 15.8 Å². The maximum atomic E-state index is 5.89. The summed E-state index contributed by atoms with van der Waals surface area (Å²) in [4.78, 5) is 0. The van der Waals surface area contributed by atoms with Crippen molar-refractivity contribution in [2.45, 2.75) is 45.6 Å². The minimum Gasteiger partial charge on any atom is -0.489 e. The van der Waals surface area contributed by atoms with E-state index in [1.165, 1.54) is 25.7 Å². The summed E-state index contributed by atoms with van der Waals surface area (Å²) in [5, 5.41) is 3.43. The lowest BCUT2D eigenvalue weighted by atomic mass is 10.2. The van der Waals surface area contributed by atoms with Crippen molar-refractivity contribution in [3.63, 3.8) is 0 Å². The molecule has 0 bridgehead atoms. The fraction of sp³-hybridized carbons (Fsp3) is 0.600. The first-order valence-electron chi connectivity index (χ1n) is 6.95. The van der Waals surface area contributed by atoms with Gasteiger partial charge in [0.1, 0.15) is 5.75 Å². The van der Waals surface area contributed by atoms with Crippen LogP contribution in [0.4, 0.5) is 11.4 Å². The normalized spacial score (nSPS) is 14.8. The van der Waals surface area contributed by atoms with Crippen LogP contribution in [0.3, 0.4) is 0 Å². The molecule has 0 amide bonds. The lowest BCUT2D eigenvalue weighted by Crippen LogP contribution is -2.08. The van der Waals surface area contributed by atoms with Gasteiger partial charge in [-0.1, -0.05) is 12.8 Å². The first-order valence-corrected chi connectivity index (χ1v) is 6.95. The van der Waals surface area contributed by atoms with Crippen LogP contribution in [0.5, 0.6) is 5.75 Å². The predicted octanol–water partition coefficient (Wildman–Crippen LogP) is 3.66. The van der Waals surface area contributed by atoms with Crippen LogP contribution in [0.25, 0.3) is 0 Å². The second-order valence-electron chi connectivity index (χ2n) is 5.43. The Labute approximate surface area is 110 Å². The quantitative estimate of drug-likeness (QED) is 0.572. The summed E-state index contributed by atoms with van der Waals surface area (Å²) in [5.74, 6) is 1.79. The Morgan fingerprint density at radius 1 is 1.39 bits per heavy atom. The number of nitrogen functional groups attached to an aromatic ring is 1. The van der Waals surface area contributed by atoms with E-state index in [4.69, 9.17) is 10.5 Å². The summed E-state index contributed by atoms with van der Waals surface area (Å²) in [6.45, 7) is 5.05. The maximum Gasteiger partial charge on any atom is 0.144 e. The summed E-state index contributed by atoms with van der Waals surface area (Å²) in [5.41, 5.74) is 7.68. The van der Waals surface area contributed by atoms with E-state index in [-0.39, 0.29) is 6.10 Å². The van der Waals surface area contributed by atoms with Crippen LogP contribution in [-0.4, -0.2) is 12.6 Å². The summed E-state index contributed by atoms with van der Waals surface area (Å²) < 4.78 is 5.68. The third-order valence-electron chi connectivity index (χ3n) is 3.19. The summed E-state index contributed by atoms with van der Waals surface area (Å²) in [7, 11) is 0. The van der Waals surface area contributed by atoms with Gasteiger partial charge >= 0.3 is 0 Å².